The number of amides is 3. The molecule has 2 fully saturated rings. The van der Waals surface area contributed by atoms with Crippen molar-refractivity contribution in [3.8, 4) is 0 Å². The molecular formula is C11H20N4O2. The molecule has 0 radical (unpaired) electrons. The van der Waals surface area contributed by atoms with Crippen molar-refractivity contribution < 1.29 is 9.59 Å². The second-order valence-corrected chi connectivity index (χ2v) is 5.09. The van der Waals surface area contributed by atoms with Gasteiger partial charge in [0.05, 0.1) is 12.1 Å². The molecule has 2 aliphatic rings. The first-order chi connectivity index (χ1) is 8.00. The van der Waals surface area contributed by atoms with E-state index in [0.717, 1.165) is 0 Å². The zero-order valence-electron chi connectivity index (χ0n) is 10.3. The Morgan fingerprint density at radius 3 is 2.82 bits per heavy atom. The van der Waals surface area contributed by atoms with E-state index in [1.165, 1.54) is 0 Å². The van der Waals surface area contributed by atoms with Gasteiger partial charge in [0.2, 0.25) is 5.91 Å². The number of urea groups is 1. The number of fused-ring (bicyclic) bond motifs is 1. The largest absolute Gasteiger partial charge is 0.337 e. The zero-order chi connectivity index (χ0) is 12.6. The number of nitrogens with two attached hydrogens (primary N) is 1. The van der Waals surface area contributed by atoms with Crippen molar-refractivity contribution in [2.45, 2.75) is 25.9 Å². The number of rotatable bonds is 2. The fourth-order valence-electron chi connectivity index (χ4n) is 2.30. The molecule has 6 heteroatoms. The van der Waals surface area contributed by atoms with Crippen molar-refractivity contribution in [2.24, 2.45) is 11.7 Å². The smallest absolute Gasteiger partial charge is 0.317 e. The highest BCUT2D eigenvalue weighted by atomic mass is 16.2. The van der Waals surface area contributed by atoms with E-state index in [4.69, 9.17) is 5.73 Å². The molecular weight excluding hydrogens is 220 g/mol. The number of piperazine rings is 1. The Bertz CT molecular complexity index is 331. The van der Waals surface area contributed by atoms with Crippen LogP contribution in [0.3, 0.4) is 0 Å². The van der Waals surface area contributed by atoms with Crippen LogP contribution < -0.4 is 11.1 Å². The van der Waals surface area contributed by atoms with Gasteiger partial charge in [0.1, 0.15) is 0 Å². The summed E-state index contributed by atoms with van der Waals surface area (Å²) in [4.78, 5) is 27.1. The van der Waals surface area contributed by atoms with Crippen LogP contribution in [0, 0.1) is 5.92 Å². The van der Waals surface area contributed by atoms with Crippen LogP contribution in [0.2, 0.25) is 0 Å². The number of carbonyl (C=O) groups excluding carboxylic acids is 2. The minimum Gasteiger partial charge on any atom is -0.337 e. The van der Waals surface area contributed by atoms with Gasteiger partial charge in [-0.3, -0.25) is 4.79 Å². The van der Waals surface area contributed by atoms with E-state index in [1.54, 1.807) is 9.80 Å². The Kier molecular flexibility index (Phi) is 3.24. The van der Waals surface area contributed by atoms with Gasteiger partial charge in [-0.25, -0.2) is 4.79 Å². The molecule has 96 valence electrons. The molecule has 0 aromatic carbocycles. The monoisotopic (exact) mass is 240 g/mol. The van der Waals surface area contributed by atoms with Crippen molar-refractivity contribution in [3.63, 3.8) is 0 Å². The van der Waals surface area contributed by atoms with Crippen LogP contribution in [0.5, 0.6) is 0 Å². The molecule has 6 nitrogen and oxygen atoms in total. The maximum Gasteiger partial charge on any atom is 0.317 e. The van der Waals surface area contributed by atoms with Crippen LogP contribution in [0.4, 0.5) is 4.79 Å². The van der Waals surface area contributed by atoms with Gasteiger partial charge in [-0.15, -0.1) is 0 Å². The maximum absolute atomic E-state index is 12.1. The van der Waals surface area contributed by atoms with Gasteiger partial charge in [0.25, 0.3) is 0 Å². The summed E-state index contributed by atoms with van der Waals surface area (Å²) in [6.45, 7) is 6.30. The molecule has 0 aromatic heterocycles. The number of hydrogen-bond donors (Lipinski definition) is 2. The molecule has 0 bridgehead atoms. The average molecular weight is 240 g/mol. The molecule has 0 spiro atoms. The van der Waals surface area contributed by atoms with Crippen molar-refractivity contribution in [1.29, 1.82) is 0 Å². The van der Waals surface area contributed by atoms with E-state index < -0.39 is 6.04 Å². The van der Waals surface area contributed by atoms with Crippen molar-refractivity contribution in [1.82, 2.24) is 15.1 Å². The van der Waals surface area contributed by atoms with Gasteiger partial charge in [-0.1, -0.05) is 13.8 Å². The molecule has 2 atom stereocenters. The molecule has 0 aliphatic carbocycles. The Morgan fingerprint density at radius 1 is 1.47 bits per heavy atom. The summed E-state index contributed by atoms with van der Waals surface area (Å²) in [7, 11) is 0. The van der Waals surface area contributed by atoms with E-state index in [-0.39, 0.29) is 23.9 Å². The fraction of sp³-hybridized carbons (Fsp3) is 0.818. The van der Waals surface area contributed by atoms with E-state index in [0.29, 0.717) is 26.2 Å². The summed E-state index contributed by atoms with van der Waals surface area (Å²) in [5.41, 5.74) is 5.87. The fourth-order valence-corrected chi connectivity index (χ4v) is 2.30. The van der Waals surface area contributed by atoms with Crippen LogP contribution in [0.1, 0.15) is 13.8 Å². The lowest BCUT2D eigenvalue weighted by atomic mass is 10.0. The molecule has 0 aromatic rings. The first-order valence-corrected chi connectivity index (χ1v) is 6.09. The molecule has 2 aliphatic heterocycles. The number of hydrogen-bond acceptors (Lipinski definition) is 3. The quantitative estimate of drug-likeness (QED) is 0.663. The predicted molar refractivity (Wildman–Crippen MR) is 63.3 cm³/mol. The average Bonchev–Trinajstić information content (AvgIpc) is 2.68. The third-order valence-electron chi connectivity index (χ3n) is 3.55. The lowest BCUT2D eigenvalue weighted by Crippen LogP contribution is -2.57. The van der Waals surface area contributed by atoms with Crippen molar-refractivity contribution in [2.75, 3.05) is 26.2 Å². The molecule has 2 saturated heterocycles. The van der Waals surface area contributed by atoms with Gasteiger partial charge in [-0.05, 0) is 5.92 Å². The topological polar surface area (TPSA) is 78.7 Å². The third-order valence-corrected chi connectivity index (χ3v) is 3.55. The lowest BCUT2D eigenvalue weighted by molar-refractivity contribution is -0.135. The minimum atomic E-state index is -0.438. The van der Waals surface area contributed by atoms with Gasteiger partial charge in [0.15, 0.2) is 0 Å². The van der Waals surface area contributed by atoms with Gasteiger partial charge >= 0.3 is 6.03 Å². The van der Waals surface area contributed by atoms with E-state index in [1.807, 2.05) is 13.8 Å². The highest BCUT2D eigenvalue weighted by molar-refractivity contribution is 5.83. The number of carbonyl (C=O) groups is 2. The van der Waals surface area contributed by atoms with Gasteiger partial charge in [0, 0.05) is 26.2 Å². The number of nitrogens with one attached hydrogen (secondary N) is 1. The lowest BCUT2D eigenvalue weighted by Gasteiger charge is -2.37. The molecule has 17 heavy (non-hydrogen) atoms. The normalized spacial score (nSPS) is 25.9. The molecule has 0 saturated carbocycles. The van der Waals surface area contributed by atoms with Crippen LogP contribution in [-0.4, -0.2) is 60.0 Å². The van der Waals surface area contributed by atoms with E-state index in [9.17, 15) is 9.59 Å². The maximum atomic E-state index is 12.1. The third kappa shape index (κ3) is 2.22. The summed E-state index contributed by atoms with van der Waals surface area (Å²) in [6, 6.07) is -0.346. The first-order valence-electron chi connectivity index (χ1n) is 6.09. The Labute approximate surface area is 101 Å². The highest BCUT2D eigenvalue weighted by Gasteiger charge is 2.38. The van der Waals surface area contributed by atoms with E-state index in [2.05, 4.69) is 5.32 Å². The molecule has 2 rings (SSSR count). The predicted octanol–water partition coefficient (Wildman–Crippen LogP) is -0.794. The summed E-state index contributed by atoms with van der Waals surface area (Å²) >= 11 is 0. The second-order valence-electron chi connectivity index (χ2n) is 5.09. The Balaban J connectivity index is 1.97. The van der Waals surface area contributed by atoms with Crippen molar-refractivity contribution >= 4 is 11.9 Å². The highest BCUT2D eigenvalue weighted by Crippen LogP contribution is 2.15. The molecule has 2 heterocycles. The second kappa shape index (κ2) is 4.52. The number of nitrogens with zero attached hydrogens (tertiary/aromatic N) is 2. The van der Waals surface area contributed by atoms with Gasteiger partial charge in [-0.2, -0.15) is 0 Å². The summed E-state index contributed by atoms with van der Waals surface area (Å²) < 4.78 is 0. The minimum absolute atomic E-state index is 0.000927. The summed E-state index contributed by atoms with van der Waals surface area (Å²) in [5, 5.41) is 2.79. The summed E-state index contributed by atoms with van der Waals surface area (Å²) in [6.07, 6.45) is 0. The van der Waals surface area contributed by atoms with Gasteiger partial charge < -0.3 is 20.9 Å². The van der Waals surface area contributed by atoms with Crippen LogP contribution >= 0.6 is 0 Å². The molecule has 3 N–H and O–H groups in total. The van der Waals surface area contributed by atoms with E-state index >= 15 is 0 Å². The van der Waals surface area contributed by atoms with Crippen LogP contribution in [0.15, 0.2) is 0 Å². The summed E-state index contributed by atoms with van der Waals surface area (Å²) in [5.74, 6) is 0.142. The SMILES string of the molecule is CC(C)C(N)C(=O)N1CCN2C(=O)NCC2C1. The van der Waals surface area contributed by atoms with Crippen LogP contribution in [-0.2, 0) is 4.79 Å². The van der Waals surface area contributed by atoms with Crippen LogP contribution in [0.25, 0.3) is 0 Å². The zero-order valence-corrected chi connectivity index (χ0v) is 10.3. The Morgan fingerprint density at radius 2 is 2.18 bits per heavy atom. The Hall–Kier alpha value is -1.30. The standard InChI is InChI=1S/C11H20N4O2/c1-7(2)9(12)10(16)14-3-4-15-8(6-14)5-13-11(15)17/h7-9H,3-6,12H2,1-2H3,(H,13,17). The molecule has 3 amide bonds. The first kappa shape index (κ1) is 12.2. The van der Waals surface area contributed by atoms with Crippen molar-refractivity contribution in [3.05, 3.63) is 0 Å². The molecule has 2 unspecified atom stereocenters.